The van der Waals surface area contributed by atoms with Crippen LogP contribution >= 0.6 is 0 Å². The molecule has 0 amide bonds. The van der Waals surface area contributed by atoms with Gasteiger partial charge in [0.1, 0.15) is 5.75 Å². The Morgan fingerprint density at radius 3 is 2.88 bits per heavy atom. The second-order valence-electron chi connectivity index (χ2n) is 7.77. The van der Waals surface area contributed by atoms with E-state index in [4.69, 9.17) is 9.47 Å². The van der Waals surface area contributed by atoms with E-state index in [9.17, 15) is 9.59 Å². The quantitative estimate of drug-likeness (QED) is 0.778. The van der Waals surface area contributed by atoms with Crippen LogP contribution in [0.15, 0.2) is 47.6 Å². The summed E-state index contributed by atoms with van der Waals surface area (Å²) in [6, 6.07) is 7.31. The van der Waals surface area contributed by atoms with Crippen LogP contribution in [0.4, 0.5) is 0 Å². The van der Waals surface area contributed by atoms with Gasteiger partial charge in [0.05, 0.1) is 12.2 Å². The Morgan fingerprint density at radius 2 is 2.08 bits per heavy atom. The van der Waals surface area contributed by atoms with Crippen molar-refractivity contribution in [3.05, 3.63) is 53.1 Å². The van der Waals surface area contributed by atoms with Crippen LogP contribution in [0, 0.1) is 11.8 Å². The van der Waals surface area contributed by atoms with Gasteiger partial charge in [-0.3, -0.25) is 9.59 Å². The number of para-hydroxylation sites is 1. The van der Waals surface area contributed by atoms with Crippen LogP contribution < -0.4 is 4.74 Å². The SMILES string of the molecule is CC(C)=CCC12OCC3CC(C=C4C(=O)c5ccccc5OC431)C2=O. The molecule has 1 aromatic carbocycles. The first-order chi connectivity index (χ1) is 12.0. The Morgan fingerprint density at radius 1 is 1.28 bits per heavy atom. The van der Waals surface area contributed by atoms with Gasteiger partial charge in [0.2, 0.25) is 0 Å². The Hall–Kier alpha value is -2.20. The molecule has 3 aliphatic carbocycles. The molecule has 0 aromatic heterocycles. The summed E-state index contributed by atoms with van der Waals surface area (Å²) in [5.41, 5.74) is 0.282. The highest BCUT2D eigenvalue weighted by atomic mass is 16.6. The third-order valence-corrected chi connectivity index (χ3v) is 6.19. The minimum atomic E-state index is -1.08. The van der Waals surface area contributed by atoms with Crippen LogP contribution in [0.25, 0.3) is 0 Å². The number of hydrogen-bond donors (Lipinski definition) is 0. The first-order valence-corrected chi connectivity index (χ1v) is 8.86. The summed E-state index contributed by atoms with van der Waals surface area (Å²) in [5, 5.41) is 0. The second-order valence-corrected chi connectivity index (χ2v) is 7.77. The van der Waals surface area contributed by atoms with Gasteiger partial charge in [0.15, 0.2) is 22.8 Å². The van der Waals surface area contributed by atoms with Crippen LogP contribution in [0.3, 0.4) is 0 Å². The summed E-state index contributed by atoms with van der Waals surface area (Å²) in [6.07, 6.45) is 5.04. The predicted octanol–water partition coefficient (Wildman–Crippen LogP) is 3.27. The minimum absolute atomic E-state index is 0.0175. The molecule has 128 valence electrons. The maximum absolute atomic E-state index is 13.3. The van der Waals surface area contributed by atoms with Crippen LogP contribution in [-0.2, 0) is 9.53 Å². The molecule has 2 aliphatic heterocycles. The Balaban J connectivity index is 1.77. The number of ether oxygens (including phenoxy) is 2. The van der Waals surface area contributed by atoms with Gasteiger partial charge in [0, 0.05) is 23.8 Å². The lowest BCUT2D eigenvalue weighted by atomic mass is 9.53. The van der Waals surface area contributed by atoms with E-state index in [1.54, 1.807) is 6.07 Å². The molecule has 4 heteroatoms. The third-order valence-electron chi connectivity index (χ3n) is 6.19. The van der Waals surface area contributed by atoms with Crippen molar-refractivity contribution in [1.82, 2.24) is 0 Å². The number of hydrogen-bond acceptors (Lipinski definition) is 4. The maximum Gasteiger partial charge on any atom is 0.196 e. The van der Waals surface area contributed by atoms with Crippen molar-refractivity contribution in [3.63, 3.8) is 0 Å². The van der Waals surface area contributed by atoms with E-state index in [1.807, 2.05) is 44.2 Å². The zero-order valence-corrected chi connectivity index (χ0v) is 14.4. The molecule has 0 N–H and O–H groups in total. The summed E-state index contributed by atoms with van der Waals surface area (Å²) >= 11 is 0. The average molecular weight is 336 g/mol. The number of fused-ring (bicyclic) bond motifs is 1. The van der Waals surface area contributed by atoms with Gasteiger partial charge in [-0.1, -0.05) is 29.9 Å². The highest BCUT2D eigenvalue weighted by molar-refractivity contribution is 6.16. The number of ketones is 2. The van der Waals surface area contributed by atoms with Gasteiger partial charge in [-0.25, -0.2) is 0 Å². The first kappa shape index (κ1) is 15.1. The maximum atomic E-state index is 13.3. The van der Waals surface area contributed by atoms with Crippen molar-refractivity contribution in [3.8, 4) is 5.75 Å². The lowest BCUT2D eigenvalue weighted by Crippen LogP contribution is -2.71. The summed E-state index contributed by atoms with van der Waals surface area (Å²) in [4.78, 5) is 26.5. The van der Waals surface area contributed by atoms with E-state index in [0.717, 1.165) is 5.57 Å². The van der Waals surface area contributed by atoms with E-state index in [1.165, 1.54) is 0 Å². The lowest BCUT2D eigenvalue weighted by molar-refractivity contribution is -0.165. The third kappa shape index (κ3) is 1.61. The minimum Gasteiger partial charge on any atom is -0.478 e. The molecule has 4 atom stereocenters. The number of carbonyl (C=O) groups is 2. The molecule has 0 radical (unpaired) electrons. The van der Waals surface area contributed by atoms with Gasteiger partial charge in [0.25, 0.3) is 0 Å². The van der Waals surface area contributed by atoms with Crippen molar-refractivity contribution in [2.75, 3.05) is 6.61 Å². The molecule has 4 nitrogen and oxygen atoms in total. The molecule has 5 aliphatic rings. The molecule has 2 heterocycles. The molecule has 4 unspecified atom stereocenters. The molecule has 4 bridgehead atoms. The molecule has 1 aromatic rings. The van der Waals surface area contributed by atoms with E-state index in [2.05, 4.69) is 0 Å². The van der Waals surface area contributed by atoms with Gasteiger partial charge in [-0.15, -0.1) is 0 Å². The van der Waals surface area contributed by atoms with Crippen molar-refractivity contribution < 1.29 is 19.1 Å². The molecule has 1 saturated heterocycles. The largest absolute Gasteiger partial charge is 0.478 e. The molecular weight excluding hydrogens is 316 g/mol. The van der Waals surface area contributed by atoms with Crippen LogP contribution in [0.5, 0.6) is 5.75 Å². The van der Waals surface area contributed by atoms with E-state index < -0.39 is 11.2 Å². The first-order valence-electron chi connectivity index (χ1n) is 8.86. The normalized spacial score (nSPS) is 37.1. The number of carbonyl (C=O) groups excluding carboxylic acids is 2. The van der Waals surface area contributed by atoms with Crippen molar-refractivity contribution >= 4 is 11.6 Å². The highest BCUT2D eigenvalue weighted by Gasteiger charge is 2.76. The Kier molecular flexibility index (Phi) is 2.84. The van der Waals surface area contributed by atoms with Gasteiger partial charge in [-0.2, -0.15) is 0 Å². The summed E-state index contributed by atoms with van der Waals surface area (Å²) in [6.45, 7) is 4.47. The second kappa shape index (κ2) is 4.70. The smallest absolute Gasteiger partial charge is 0.196 e. The molecule has 2 fully saturated rings. The van der Waals surface area contributed by atoms with Crippen molar-refractivity contribution in [1.29, 1.82) is 0 Å². The van der Waals surface area contributed by atoms with Crippen LogP contribution in [-0.4, -0.2) is 29.4 Å². The average Bonchev–Trinajstić information content (AvgIpc) is 2.85. The van der Waals surface area contributed by atoms with Gasteiger partial charge in [-0.05, 0) is 32.4 Å². The molecule has 25 heavy (non-hydrogen) atoms. The molecular formula is C21H20O4. The zero-order valence-electron chi connectivity index (χ0n) is 14.4. The van der Waals surface area contributed by atoms with E-state index in [-0.39, 0.29) is 23.4 Å². The van der Waals surface area contributed by atoms with Crippen molar-refractivity contribution in [2.24, 2.45) is 11.8 Å². The summed E-state index contributed by atoms with van der Waals surface area (Å²) < 4.78 is 12.7. The van der Waals surface area contributed by atoms with Crippen molar-refractivity contribution in [2.45, 2.75) is 37.9 Å². The van der Waals surface area contributed by atoms with Gasteiger partial charge >= 0.3 is 0 Å². The van der Waals surface area contributed by atoms with E-state index in [0.29, 0.717) is 36.3 Å². The highest BCUT2D eigenvalue weighted by Crippen LogP contribution is 2.62. The fourth-order valence-corrected chi connectivity index (χ4v) is 5.09. The zero-order chi connectivity index (χ0) is 17.4. The fourth-order valence-electron chi connectivity index (χ4n) is 5.09. The standard InChI is InChI=1S/C21H20O4/c1-12(2)7-8-20-19(23)13-9-14(11-24-20)21(20)16(10-13)18(22)15-5-3-4-6-17(15)25-21/h3-7,10,13-14H,8-9,11H2,1-2H3. The predicted molar refractivity (Wildman–Crippen MR) is 91.5 cm³/mol. The van der Waals surface area contributed by atoms with Crippen LogP contribution in [0.1, 0.15) is 37.0 Å². The topological polar surface area (TPSA) is 52.6 Å². The molecule has 1 saturated carbocycles. The number of benzene rings is 1. The number of rotatable bonds is 2. The summed E-state index contributed by atoms with van der Waals surface area (Å²) in [5.74, 6) is 0.409. The Labute approximate surface area is 146 Å². The van der Waals surface area contributed by atoms with E-state index >= 15 is 0 Å². The Bertz CT molecular complexity index is 876. The summed E-state index contributed by atoms with van der Waals surface area (Å²) in [7, 11) is 0. The number of Topliss-reactive ketones (excluding diaryl/α,β-unsaturated/α-hetero) is 2. The fraction of sp³-hybridized carbons (Fsp3) is 0.429. The molecule has 1 spiro atoms. The number of allylic oxidation sites excluding steroid dienone is 2. The molecule has 6 rings (SSSR count). The van der Waals surface area contributed by atoms with Crippen LogP contribution in [0.2, 0.25) is 0 Å². The lowest BCUT2D eigenvalue weighted by Gasteiger charge is -2.55. The monoisotopic (exact) mass is 336 g/mol. The van der Waals surface area contributed by atoms with Gasteiger partial charge < -0.3 is 9.47 Å².